The molecule has 34 heavy (non-hydrogen) atoms. The first-order valence-electron chi connectivity index (χ1n) is 12.4. The minimum Gasteiger partial charge on any atom is -0.370 e. The minimum atomic E-state index is 0.347. The zero-order valence-electron chi connectivity index (χ0n) is 19.4. The van der Waals surface area contributed by atoms with E-state index in [2.05, 4.69) is 31.2 Å². The third-order valence-electron chi connectivity index (χ3n) is 7.21. The Hall–Kier alpha value is -2.12. The topological polar surface area (TPSA) is 62.5 Å². The van der Waals surface area contributed by atoms with Crippen LogP contribution in [0.2, 0.25) is 5.02 Å². The number of carbonyl (C=O) groups excluding carboxylic acids is 1. The summed E-state index contributed by atoms with van der Waals surface area (Å²) in [5.41, 5.74) is 2.43. The second kappa shape index (κ2) is 10.6. The summed E-state index contributed by atoms with van der Waals surface area (Å²) >= 11 is 10.0. The van der Waals surface area contributed by atoms with E-state index < -0.39 is 0 Å². The highest BCUT2D eigenvalue weighted by Gasteiger charge is 2.26. The molecule has 180 valence electrons. The molecule has 3 heterocycles. The van der Waals surface area contributed by atoms with Crippen molar-refractivity contribution in [2.45, 2.75) is 51.4 Å². The number of likely N-dealkylation sites (tertiary alicyclic amines) is 1. The molecule has 1 N–H and O–H groups in total. The SMILES string of the molecule is O=C(CC1CCCCC1)N1CCCC(CNc2cc(-c3ccccc3Cl)nc3c(Br)cnn23)C1. The molecule has 0 bridgehead atoms. The minimum absolute atomic E-state index is 0.347. The van der Waals surface area contributed by atoms with Gasteiger partial charge in [-0.1, -0.05) is 49.1 Å². The van der Waals surface area contributed by atoms with Crippen LogP contribution in [0.5, 0.6) is 0 Å². The van der Waals surface area contributed by atoms with Crippen LogP contribution in [-0.2, 0) is 4.79 Å². The lowest BCUT2D eigenvalue weighted by Gasteiger charge is -2.34. The van der Waals surface area contributed by atoms with Gasteiger partial charge in [0.05, 0.1) is 16.4 Å². The maximum atomic E-state index is 13.0. The second-order valence-electron chi connectivity index (χ2n) is 9.67. The van der Waals surface area contributed by atoms with Crippen molar-refractivity contribution >= 4 is 44.9 Å². The highest BCUT2D eigenvalue weighted by molar-refractivity contribution is 9.10. The Labute approximate surface area is 214 Å². The fourth-order valence-corrected chi connectivity index (χ4v) is 5.92. The van der Waals surface area contributed by atoms with Crippen LogP contribution in [0.1, 0.15) is 51.4 Å². The summed E-state index contributed by atoms with van der Waals surface area (Å²) in [6.07, 6.45) is 11.0. The van der Waals surface area contributed by atoms with Gasteiger partial charge in [0.1, 0.15) is 5.82 Å². The zero-order chi connectivity index (χ0) is 23.5. The summed E-state index contributed by atoms with van der Waals surface area (Å²) in [5.74, 6) is 2.22. The van der Waals surface area contributed by atoms with Gasteiger partial charge >= 0.3 is 0 Å². The summed E-state index contributed by atoms with van der Waals surface area (Å²) in [7, 11) is 0. The van der Waals surface area contributed by atoms with Gasteiger partial charge < -0.3 is 10.2 Å². The van der Waals surface area contributed by atoms with Gasteiger partial charge in [-0.2, -0.15) is 9.61 Å². The molecule has 1 aromatic carbocycles. The van der Waals surface area contributed by atoms with Gasteiger partial charge in [-0.3, -0.25) is 4.79 Å². The van der Waals surface area contributed by atoms with Crippen molar-refractivity contribution < 1.29 is 4.79 Å². The van der Waals surface area contributed by atoms with Crippen LogP contribution in [0.15, 0.2) is 41.0 Å². The largest absolute Gasteiger partial charge is 0.370 e. The molecule has 2 aromatic heterocycles. The standard InChI is InChI=1S/C26H31BrClN5O/c27-21-16-30-33-24(14-23(31-26(21)33)20-10-4-5-11-22(20)28)29-15-19-9-6-12-32(17-19)25(34)13-18-7-2-1-3-8-18/h4-5,10-11,14,16,18-19,29H,1-3,6-9,12-13,15,17H2. The van der Waals surface area contributed by atoms with Crippen molar-refractivity contribution in [1.82, 2.24) is 19.5 Å². The maximum absolute atomic E-state index is 13.0. The summed E-state index contributed by atoms with van der Waals surface area (Å²) in [6.45, 7) is 2.50. The van der Waals surface area contributed by atoms with E-state index in [1.807, 2.05) is 34.8 Å². The van der Waals surface area contributed by atoms with Gasteiger partial charge in [0.25, 0.3) is 0 Å². The van der Waals surface area contributed by atoms with E-state index in [4.69, 9.17) is 16.6 Å². The molecule has 5 rings (SSSR count). The third-order valence-corrected chi connectivity index (χ3v) is 8.10. The number of hydrogen-bond donors (Lipinski definition) is 1. The van der Waals surface area contributed by atoms with E-state index in [-0.39, 0.29) is 0 Å². The number of fused-ring (bicyclic) bond motifs is 1. The molecule has 1 unspecified atom stereocenters. The molecule has 1 aliphatic heterocycles. The predicted octanol–water partition coefficient (Wildman–Crippen LogP) is 6.43. The number of rotatable bonds is 6. The van der Waals surface area contributed by atoms with Crippen LogP contribution in [-0.4, -0.2) is 45.0 Å². The number of carbonyl (C=O) groups is 1. The summed E-state index contributed by atoms with van der Waals surface area (Å²) in [4.78, 5) is 19.9. The first kappa shape index (κ1) is 23.6. The zero-order valence-corrected chi connectivity index (χ0v) is 21.7. The molecule has 1 saturated carbocycles. The van der Waals surface area contributed by atoms with Gasteiger partial charge in [-0.25, -0.2) is 4.98 Å². The van der Waals surface area contributed by atoms with Crippen molar-refractivity contribution in [3.05, 3.63) is 46.0 Å². The van der Waals surface area contributed by atoms with E-state index in [0.717, 1.165) is 66.1 Å². The van der Waals surface area contributed by atoms with E-state index >= 15 is 0 Å². The van der Waals surface area contributed by atoms with Crippen LogP contribution in [0.25, 0.3) is 16.9 Å². The number of hydrogen-bond acceptors (Lipinski definition) is 4. The molecule has 0 radical (unpaired) electrons. The molecular weight excluding hydrogens is 514 g/mol. The second-order valence-corrected chi connectivity index (χ2v) is 10.9. The number of anilines is 1. The van der Waals surface area contributed by atoms with E-state index in [1.54, 1.807) is 6.20 Å². The average Bonchev–Trinajstić information content (AvgIpc) is 3.24. The Kier molecular flexibility index (Phi) is 7.40. The normalized spacial score (nSPS) is 19.5. The molecule has 0 spiro atoms. The Morgan fingerprint density at radius 3 is 2.74 bits per heavy atom. The molecule has 1 atom stereocenters. The van der Waals surface area contributed by atoms with Gasteiger partial charge in [-0.15, -0.1) is 0 Å². The highest BCUT2D eigenvalue weighted by Crippen LogP contribution is 2.31. The lowest BCUT2D eigenvalue weighted by atomic mass is 9.86. The number of halogens is 2. The number of benzene rings is 1. The molecule has 1 amide bonds. The quantitative estimate of drug-likeness (QED) is 0.388. The summed E-state index contributed by atoms with van der Waals surface area (Å²) in [6, 6.07) is 9.74. The fourth-order valence-electron chi connectivity index (χ4n) is 5.34. The number of nitrogens with one attached hydrogen (secondary N) is 1. The molecular formula is C26H31BrClN5O. The van der Waals surface area contributed by atoms with Crippen molar-refractivity contribution in [2.24, 2.45) is 11.8 Å². The maximum Gasteiger partial charge on any atom is 0.222 e. The molecule has 8 heteroatoms. The van der Waals surface area contributed by atoms with Gasteiger partial charge in [0.15, 0.2) is 5.65 Å². The smallest absolute Gasteiger partial charge is 0.222 e. The Bertz CT molecular complexity index is 1160. The Morgan fingerprint density at radius 1 is 1.12 bits per heavy atom. The van der Waals surface area contributed by atoms with Gasteiger partial charge in [0.2, 0.25) is 5.91 Å². The molecule has 2 aliphatic rings. The lowest BCUT2D eigenvalue weighted by Crippen LogP contribution is -2.42. The van der Waals surface area contributed by atoms with Crippen molar-refractivity contribution in [3.8, 4) is 11.3 Å². The van der Waals surface area contributed by atoms with Crippen LogP contribution in [0.4, 0.5) is 5.82 Å². The van der Waals surface area contributed by atoms with Crippen LogP contribution in [0.3, 0.4) is 0 Å². The fraction of sp³-hybridized carbons (Fsp3) is 0.500. The van der Waals surface area contributed by atoms with E-state index in [9.17, 15) is 4.79 Å². The first-order chi connectivity index (χ1) is 16.6. The molecule has 6 nitrogen and oxygen atoms in total. The van der Waals surface area contributed by atoms with Crippen LogP contribution >= 0.6 is 27.5 Å². The third kappa shape index (κ3) is 5.25. The number of piperidine rings is 1. The molecule has 3 aromatic rings. The highest BCUT2D eigenvalue weighted by atomic mass is 79.9. The predicted molar refractivity (Wildman–Crippen MR) is 140 cm³/mol. The van der Waals surface area contributed by atoms with Crippen LogP contribution in [0, 0.1) is 11.8 Å². The lowest BCUT2D eigenvalue weighted by molar-refractivity contribution is -0.134. The van der Waals surface area contributed by atoms with Gasteiger partial charge in [0, 0.05) is 42.7 Å². The monoisotopic (exact) mass is 543 g/mol. The van der Waals surface area contributed by atoms with Gasteiger partial charge in [-0.05, 0) is 59.5 Å². The number of aromatic nitrogens is 3. The molecule has 1 saturated heterocycles. The summed E-state index contributed by atoms with van der Waals surface area (Å²) in [5, 5.41) is 8.76. The number of amides is 1. The van der Waals surface area contributed by atoms with Crippen molar-refractivity contribution in [2.75, 3.05) is 25.0 Å². The summed E-state index contributed by atoms with van der Waals surface area (Å²) < 4.78 is 2.65. The first-order valence-corrected chi connectivity index (χ1v) is 13.6. The number of nitrogens with zero attached hydrogens (tertiary/aromatic N) is 4. The average molecular weight is 545 g/mol. The van der Waals surface area contributed by atoms with E-state index in [0.29, 0.717) is 22.8 Å². The van der Waals surface area contributed by atoms with E-state index in [1.165, 1.54) is 32.1 Å². The molecule has 1 aliphatic carbocycles. The van der Waals surface area contributed by atoms with Crippen molar-refractivity contribution in [1.29, 1.82) is 0 Å². The Morgan fingerprint density at radius 2 is 1.91 bits per heavy atom. The molecule has 2 fully saturated rings. The van der Waals surface area contributed by atoms with Crippen LogP contribution < -0.4 is 5.32 Å². The van der Waals surface area contributed by atoms with Crippen molar-refractivity contribution in [3.63, 3.8) is 0 Å². The Balaban J connectivity index is 1.29.